The van der Waals surface area contributed by atoms with Crippen LogP contribution in [0.2, 0.25) is 0 Å². The molecule has 4 nitrogen and oxygen atoms in total. The van der Waals surface area contributed by atoms with E-state index in [1.165, 1.54) is 9.87 Å². The zero-order valence-electron chi connectivity index (χ0n) is 17.3. The molecule has 1 aliphatic heterocycles. The number of hydrogen-bond acceptors (Lipinski definition) is 3. The van der Waals surface area contributed by atoms with Gasteiger partial charge < -0.3 is 4.90 Å². The molecule has 1 atom stereocenters. The summed E-state index contributed by atoms with van der Waals surface area (Å²) in [6.45, 7) is 8.89. The molecule has 3 aromatic carbocycles. The first kappa shape index (κ1) is 20.2. The molecule has 0 spiro atoms. The van der Waals surface area contributed by atoms with E-state index in [1.54, 1.807) is 12.1 Å². The van der Waals surface area contributed by atoms with Crippen LogP contribution in [0, 0.1) is 13.8 Å². The minimum Gasteiger partial charge on any atom is -0.357 e. The lowest BCUT2D eigenvalue weighted by atomic mass is 10.0. The Balaban J connectivity index is 1.74. The van der Waals surface area contributed by atoms with Gasteiger partial charge in [0.1, 0.15) is 0 Å². The van der Waals surface area contributed by atoms with Gasteiger partial charge in [0, 0.05) is 11.4 Å². The van der Waals surface area contributed by atoms with E-state index in [0.29, 0.717) is 23.7 Å². The average molecular weight is 419 g/mol. The van der Waals surface area contributed by atoms with Crippen molar-refractivity contribution in [1.82, 2.24) is 4.31 Å². The van der Waals surface area contributed by atoms with Crippen LogP contribution in [0.15, 0.2) is 96.0 Å². The van der Waals surface area contributed by atoms with Crippen LogP contribution in [0.4, 0.5) is 5.69 Å². The van der Waals surface area contributed by atoms with Crippen molar-refractivity contribution in [2.24, 2.45) is 0 Å². The largest absolute Gasteiger partial charge is 0.357 e. The van der Waals surface area contributed by atoms with E-state index in [2.05, 4.69) is 54.8 Å². The zero-order valence-corrected chi connectivity index (χ0v) is 18.1. The summed E-state index contributed by atoms with van der Waals surface area (Å²) in [5, 5.41) is 0. The third-order valence-electron chi connectivity index (χ3n) is 5.58. The van der Waals surface area contributed by atoms with Crippen molar-refractivity contribution in [3.05, 3.63) is 108 Å². The van der Waals surface area contributed by atoms with Crippen molar-refractivity contribution in [2.45, 2.75) is 24.8 Å². The molecule has 0 saturated carbocycles. The molecule has 3 aromatic rings. The van der Waals surface area contributed by atoms with E-state index >= 15 is 0 Å². The Kier molecular flexibility index (Phi) is 5.39. The minimum atomic E-state index is -3.67. The van der Waals surface area contributed by atoms with Gasteiger partial charge in [0.15, 0.2) is 0 Å². The van der Waals surface area contributed by atoms with E-state index in [-0.39, 0.29) is 6.04 Å². The maximum Gasteiger partial charge on any atom is 0.264 e. The molecule has 1 aliphatic rings. The van der Waals surface area contributed by atoms with E-state index in [4.69, 9.17) is 0 Å². The number of rotatable bonds is 4. The second-order valence-electron chi connectivity index (χ2n) is 7.81. The topological polar surface area (TPSA) is 40.6 Å². The van der Waals surface area contributed by atoms with E-state index < -0.39 is 10.0 Å². The van der Waals surface area contributed by atoms with Crippen molar-refractivity contribution in [2.75, 3.05) is 18.0 Å². The van der Waals surface area contributed by atoms with Crippen LogP contribution in [-0.2, 0) is 10.0 Å². The molecule has 1 unspecified atom stereocenters. The van der Waals surface area contributed by atoms with Crippen molar-refractivity contribution in [1.29, 1.82) is 0 Å². The van der Waals surface area contributed by atoms with E-state index in [9.17, 15) is 8.42 Å². The Hall–Kier alpha value is -3.05. The summed E-state index contributed by atoms with van der Waals surface area (Å²) in [4.78, 5) is 2.53. The van der Waals surface area contributed by atoms with Gasteiger partial charge in [-0.15, -0.1) is 0 Å². The summed E-state index contributed by atoms with van der Waals surface area (Å²) in [5.74, 6) is 0. The van der Waals surface area contributed by atoms with Gasteiger partial charge in [0.05, 0.1) is 24.0 Å². The van der Waals surface area contributed by atoms with Gasteiger partial charge in [-0.1, -0.05) is 72.3 Å². The van der Waals surface area contributed by atoms with Crippen molar-refractivity contribution < 1.29 is 8.42 Å². The van der Waals surface area contributed by atoms with Crippen molar-refractivity contribution in [3.63, 3.8) is 0 Å². The minimum absolute atomic E-state index is 0.111. The van der Waals surface area contributed by atoms with Gasteiger partial charge in [-0.05, 0) is 43.7 Å². The summed E-state index contributed by atoms with van der Waals surface area (Å²) in [5.41, 5.74) is 4.93. The standard InChI is InChI=1S/C25H26N2O2S/c1-19-9-13-23(14-10-19)26-17-21(3)27(18-25(26)22-7-5-4-6-8-22)30(28,29)24-15-11-20(2)12-16-24/h4-16,25H,3,17-18H2,1-2H3. The smallest absolute Gasteiger partial charge is 0.264 e. The molecule has 4 rings (SSSR count). The van der Waals surface area contributed by atoms with Gasteiger partial charge >= 0.3 is 0 Å². The molecule has 1 heterocycles. The molecule has 154 valence electrons. The lowest BCUT2D eigenvalue weighted by molar-refractivity contribution is 0.390. The number of piperazine rings is 1. The molecule has 1 saturated heterocycles. The van der Waals surface area contributed by atoms with Crippen LogP contribution in [0.5, 0.6) is 0 Å². The number of nitrogens with zero attached hydrogens (tertiary/aromatic N) is 2. The fraction of sp³-hybridized carbons (Fsp3) is 0.200. The van der Waals surface area contributed by atoms with Crippen LogP contribution in [0.3, 0.4) is 0 Å². The zero-order chi connectivity index (χ0) is 21.3. The fourth-order valence-corrected chi connectivity index (χ4v) is 5.31. The Labute approximate surface area is 179 Å². The monoisotopic (exact) mass is 418 g/mol. The molecule has 0 aromatic heterocycles. The highest BCUT2D eigenvalue weighted by atomic mass is 32.2. The number of sulfonamides is 1. The lowest BCUT2D eigenvalue weighted by Crippen LogP contribution is -2.48. The van der Waals surface area contributed by atoms with Gasteiger partial charge in [-0.2, -0.15) is 0 Å². The molecule has 5 heteroatoms. The van der Waals surface area contributed by atoms with Crippen LogP contribution in [-0.4, -0.2) is 25.8 Å². The third kappa shape index (κ3) is 3.85. The highest BCUT2D eigenvalue weighted by Crippen LogP contribution is 2.36. The molecule has 30 heavy (non-hydrogen) atoms. The van der Waals surface area contributed by atoms with Crippen molar-refractivity contribution in [3.8, 4) is 0 Å². The summed E-state index contributed by atoms with van der Waals surface area (Å²) in [6.07, 6.45) is 0. The van der Waals surface area contributed by atoms with Crippen LogP contribution >= 0.6 is 0 Å². The third-order valence-corrected chi connectivity index (χ3v) is 7.43. The van der Waals surface area contributed by atoms with Crippen LogP contribution in [0.1, 0.15) is 22.7 Å². The molecule has 0 radical (unpaired) electrons. The predicted molar refractivity (Wildman–Crippen MR) is 122 cm³/mol. The highest BCUT2D eigenvalue weighted by Gasteiger charge is 2.36. The molecule has 0 bridgehead atoms. The second-order valence-corrected chi connectivity index (χ2v) is 9.67. The Bertz CT molecular complexity index is 1140. The lowest BCUT2D eigenvalue weighted by Gasteiger charge is -2.44. The maximum atomic E-state index is 13.4. The first-order valence-electron chi connectivity index (χ1n) is 10.0. The van der Waals surface area contributed by atoms with Crippen molar-refractivity contribution >= 4 is 15.7 Å². The molecular weight excluding hydrogens is 392 g/mol. The molecule has 1 fully saturated rings. The molecule has 0 aliphatic carbocycles. The quantitative estimate of drug-likeness (QED) is 0.594. The van der Waals surface area contributed by atoms with Gasteiger partial charge in [-0.3, -0.25) is 4.31 Å². The number of hydrogen-bond donors (Lipinski definition) is 0. The van der Waals surface area contributed by atoms with Crippen LogP contribution in [0.25, 0.3) is 0 Å². The average Bonchev–Trinajstić information content (AvgIpc) is 2.75. The summed E-state index contributed by atoms with van der Waals surface area (Å²) in [6, 6.07) is 25.3. The van der Waals surface area contributed by atoms with Gasteiger partial charge in [0.2, 0.25) is 0 Å². The summed E-state index contributed by atoms with van der Waals surface area (Å²) in [7, 11) is -3.67. The predicted octanol–water partition coefficient (Wildman–Crippen LogP) is 5.07. The normalized spacial score (nSPS) is 17.3. The summed E-state index contributed by atoms with van der Waals surface area (Å²) < 4.78 is 28.3. The SMILES string of the molecule is C=C1CN(c2ccc(C)cc2)C(c2ccccc2)CN1S(=O)(=O)c1ccc(C)cc1. The molecule has 0 N–H and O–H groups in total. The number of aryl methyl sites for hydroxylation is 2. The Morgan fingerprint density at radius 3 is 2.00 bits per heavy atom. The molecular formula is C25H26N2O2S. The Morgan fingerprint density at radius 2 is 1.40 bits per heavy atom. The second kappa shape index (κ2) is 8.00. The maximum absolute atomic E-state index is 13.4. The number of anilines is 1. The first-order chi connectivity index (χ1) is 14.4. The van der Waals surface area contributed by atoms with E-state index in [0.717, 1.165) is 16.8 Å². The van der Waals surface area contributed by atoms with Crippen LogP contribution < -0.4 is 4.90 Å². The summed E-state index contributed by atoms with van der Waals surface area (Å²) >= 11 is 0. The van der Waals surface area contributed by atoms with E-state index in [1.807, 2.05) is 37.3 Å². The first-order valence-corrected chi connectivity index (χ1v) is 11.5. The molecule has 0 amide bonds. The van der Waals surface area contributed by atoms with Gasteiger partial charge in [-0.25, -0.2) is 8.42 Å². The fourth-order valence-electron chi connectivity index (χ4n) is 3.84. The number of benzene rings is 3. The highest BCUT2D eigenvalue weighted by molar-refractivity contribution is 7.89. The Morgan fingerprint density at radius 1 is 0.833 bits per heavy atom. The van der Waals surface area contributed by atoms with Gasteiger partial charge in [0.25, 0.3) is 10.0 Å².